The number of nitrogens with one attached hydrogen (secondary N) is 1. The van der Waals surface area contributed by atoms with Crippen LogP contribution in [0.15, 0.2) is 18.2 Å². The molecule has 112 valence electrons. The first kappa shape index (κ1) is 15.4. The van der Waals surface area contributed by atoms with Gasteiger partial charge in [-0.15, -0.1) is 0 Å². The van der Waals surface area contributed by atoms with Gasteiger partial charge in [0, 0.05) is 6.04 Å². The maximum absolute atomic E-state index is 5.54. The molecule has 1 aliphatic rings. The Kier molecular flexibility index (Phi) is 5.09. The summed E-state index contributed by atoms with van der Waals surface area (Å²) < 4.78 is 5.54. The van der Waals surface area contributed by atoms with Crippen LogP contribution in [0, 0.1) is 12.3 Å². The fourth-order valence-electron chi connectivity index (χ4n) is 3.69. The van der Waals surface area contributed by atoms with Crippen molar-refractivity contribution in [2.75, 3.05) is 14.2 Å². The van der Waals surface area contributed by atoms with Gasteiger partial charge in [-0.3, -0.25) is 0 Å². The molecule has 1 aromatic carbocycles. The van der Waals surface area contributed by atoms with Gasteiger partial charge in [-0.25, -0.2) is 0 Å². The third kappa shape index (κ3) is 3.35. The van der Waals surface area contributed by atoms with Gasteiger partial charge in [0.1, 0.15) is 5.75 Å². The molecular formula is C18H29NO. The summed E-state index contributed by atoms with van der Waals surface area (Å²) in [4.78, 5) is 0. The normalized spacial score (nSPS) is 19.6. The fourth-order valence-corrected chi connectivity index (χ4v) is 3.69. The molecule has 1 N–H and O–H groups in total. The Morgan fingerprint density at radius 1 is 1.25 bits per heavy atom. The van der Waals surface area contributed by atoms with Crippen LogP contribution in [0.25, 0.3) is 0 Å². The Hall–Kier alpha value is -1.02. The van der Waals surface area contributed by atoms with Crippen LogP contribution < -0.4 is 10.1 Å². The lowest BCUT2D eigenvalue weighted by molar-refractivity contribution is 0.148. The van der Waals surface area contributed by atoms with E-state index in [9.17, 15) is 0 Å². The average Bonchev–Trinajstić information content (AvgIpc) is 2.45. The molecule has 0 aliphatic heterocycles. The minimum Gasteiger partial charge on any atom is -0.496 e. The topological polar surface area (TPSA) is 21.3 Å². The van der Waals surface area contributed by atoms with E-state index in [2.05, 4.69) is 44.4 Å². The molecule has 1 atom stereocenters. The summed E-state index contributed by atoms with van der Waals surface area (Å²) in [7, 11) is 3.87. The van der Waals surface area contributed by atoms with Crippen LogP contribution in [0.3, 0.4) is 0 Å². The average molecular weight is 275 g/mol. The first-order valence-electron chi connectivity index (χ1n) is 7.90. The summed E-state index contributed by atoms with van der Waals surface area (Å²) in [6.07, 6.45) is 7.89. The molecule has 20 heavy (non-hydrogen) atoms. The Balaban J connectivity index is 2.19. The monoisotopic (exact) mass is 275 g/mol. The molecule has 2 rings (SSSR count). The van der Waals surface area contributed by atoms with E-state index in [1.165, 1.54) is 43.2 Å². The molecule has 0 saturated heterocycles. The second kappa shape index (κ2) is 6.62. The maximum Gasteiger partial charge on any atom is 0.122 e. The smallest absolute Gasteiger partial charge is 0.122 e. The van der Waals surface area contributed by atoms with Crippen molar-refractivity contribution >= 4 is 0 Å². The molecule has 1 unspecified atom stereocenters. The number of ether oxygens (including phenoxy) is 1. The van der Waals surface area contributed by atoms with Crippen LogP contribution in [0.5, 0.6) is 5.75 Å². The number of hydrogen-bond donors (Lipinski definition) is 1. The standard InChI is InChI=1S/C18H29NO/c1-14-8-9-16(20-4)15(12-14)13-17(19-3)18(2)10-6-5-7-11-18/h8-9,12,17,19H,5-7,10-11,13H2,1-4H3. The van der Waals surface area contributed by atoms with E-state index < -0.39 is 0 Å². The molecule has 1 saturated carbocycles. The summed E-state index contributed by atoms with van der Waals surface area (Å²) in [5, 5.41) is 3.58. The Bertz CT molecular complexity index is 435. The number of hydrogen-bond acceptors (Lipinski definition) is 2. The zero-order valence-corrected chi connectivity index (χ0v) is 13.5. The largest absolute Gasteiger partial charge is 0.496 e. The van der Waals surface area contributed by atoms with Crippen molar-refractivity contribution in [2.24, 2.45) is 5.41 Å². The van der Waals surface area contributed by atoms with E-state index in [0.29, 0.717) is 11.5 Å². The van der Waals surface area contributed by atoms with E-state index in [4.69, 9.17) is 4.74 Å². The van der Waals surface area contributed by atoms with Crippen LogP contribution in [-0.4, -0.2) is 20.2 Å². The Morgan fingerprint density at radius 2 is 1.95 bits per heavy atom. The van der Waals surface area contributed by atoms with Gasteiger partial charge in [-0.1, -0.05) is 43.9 Å². The fraction of sp³-hybridized carbons (Fsp3) is 0.667. The lowest BCUT2D eigenvalue weighted by Crippen LogP contribution is -2.44. The second-order valence-electron chi connectivity index (χ2n) is 6.58. The van der Waals surface area contributed by atoms with Crippen molar-refractivity contribution in [3.8, 4) is 5.75 Å². The van der Waals surface area contributed by atoms with Gasteiger partial charge >= 0.3 is 0 Å². The predicted molar refractivity (Wildman–Crippen MR) is 85.5 cm³/mol. The van der Waals surface area contributed by atoms with Crippen LogP contribution in [0.1, 0.15) is 50.2 Å². The minimum atomic E-state index is 0.418. The SMILES string of the molecule is CNC(Cc1cc(C)ccc1OC)C1(C)CCCCC1. The summed E-state index contributed by atoms with van der Waals surface area (Å²) in [6, 6.07) is 7.02. The van der Waals surface area contributed by atoms with Crippen molar-refractivity contribution < 1.29 is 4.74 Å². The third-order valence-electron chi connectivity index (χ3n) is 5.05. The molecule has 1 fully saturated rings. The van der Waals surface area contributed by atoms with Crippen LogP contribution in [-0.2, 0) is 6.42 Å². The highest BCUT2D eigenvalue weighted by Crippen LogP contribution is 2.40. The third-order valence-corrected chi connectivity index (χ3v) is 5.05. The highest BCUT2D eigenvalue weighted by Gasteiger charge is 2.34. The molecule has 0 aromatic heterocycles. The number of methoxy groups -OCH3 is 1. The highest BCUT2D eigenvalue weighted by molar-refractivity contribution is 5.37. The van der Waals surface area contributed by atoms with Crippen molar-refractivity contribution in [1.29, 1.82) is 0 Å². The van der Waals surface area contributed by atoms with Gasteiger partial charge in [-0.05, 0) is 50.3 Å². The molecular weight excluding hydrogens is 246 g/mol. The summed E-state index contributed by atoms with van der Waals surface area (Å²) in [6.45, 7) is 4.61. The summed E-state index contributed by atoms with van der Waals surface area (Å²) >= 11 is 0. The predicted octanol–water partition coefficient (Wildman–Crippen LogP) is 4.10. The second-order valence-corrected chi connectivity index (χ2v) is 6.58. The van der Waals surface area contributed by atoms with Gasteiger partial charge in [0.2, 0.25) is 0 Å². The van der Waals surface area contributed by atoms with Crippen molar-refractivity contribution in [3.05, 3.63) is 29.3 Å². The van der Waals surface area contributed by atoms with E-state index in [-0.39, 0.29) is 0 Å². The molecule has 0 radical (unpaired) electrons. The minimum absolute atomic E-state index is 0.418. The quantitative estimate of drug-likeness (QED) is 0.873. The Labute approximate surface area is 123 Å². The lowest BCUT2D eigenvalue weighted by Gasteiger charge is -2.41. The van der Waals surface area contributed by atoms with Gasteiger partial charge in [0.05, 0.1) is 7.11 Å². The first-order chi connectivity index (χ1) is 9.59. The van der Waals surface area contributed by atoms with Gasteiger partial charge in [0.25, 0.3) is 0 Å². The molecule has 2 nitrogen and oxygen atoms in total. The summed E-state index contributed by atoms with van der Waals surface area (Å²) in [5.74, 6) is 1.02. The van der Waals surface area contributed by atoms with Crippen molar-refractivity contribution in [3.63, 3.8) is 0 Å². The van der Waals surface area contributed by atoms with Crippen LogP contribution in [0.2, 0.25) is 0 Å². The van der Waals surface area contributed by atoms with Crippen LogP contribution >= 0.6 is 0 Å². The van der Waals surface area contributed by atoms with E-state index in [0.717, 1.165) is 12.2 Å². The van der Waals surface area contributed by atoms with E-state index in [1.54, 1.807) is 7.11 Å². The molecule has 0 spiro atoms. The Morgan fingerprint density at radius 3 is 2.55 bits per heavy atom. The van der Waals surface area contributed by atoms with Gasteiger partial charge < -0.3 is 10.1 Å². The number of likely N-dealkylation sites (N-methyl/N-ethyl adjacent to an activating group) is 1. The number of rotatable bonds is 5. The van der Waals surface area contributed by atoms with Crippen molar-refractivity contribution in [1.82, 2.24) is 5.32 Å². The lowest BCUT2D eigenvalue weighted by atomic mass is 9.69. The zero-order valence-electron chi connectivity index (χ0n) is 13.5. The van der Waals surface area contributed by atoms with E-state index in [1.807, 2.05) is 0 Å². The van der Waals surface area contributed by atoms with Gasteiger partial charge in [0.15, 0.2) is 0 Å². The molecule has 2 heteroatoms. The zero-order chi connectivity index (χ0) is 14.6. The number of aryl methyl sites for hydroxylation is 1. The molecule has 1 aliphatic carbocycles. The maximum atomic E-state index is 5.54. The highest BCUT2D eigenvalue weighted by atomic mass is 16.5. The van der Waals surface area contributed by atoms with Crippen LogP contribution in [0.4, 0.5) is 0 Å². The molecule has 0 heterocycles. The molecule has 1 aromatic rings. The molecule has 0 amide bonds. The summed E-state index contributed by atoms with van der Waals surface area (Å²) in [5.41, 5.74) is 3.06. The number of benzene rings is 1. The van der Waals surface area contributed by atoms with Gasteiger partial charge in [-0.2, -0.15) is 0 Å². The first-order valence-corrected chi connectivity index (χ1v) is 7.90. The van der Waals surface area contributed by atoms with Crippen molar-refractivity contribution in [2.45, 2.75) is 58.4 Å². The van der Waals surface area contributed by atoms with E-state index >= 15 is 0 Å². The molecule has 0 bridgehead atoms.